The molecule has 2 aromatic rings. The van der Waals surface area contributed by atoms with Crippen LogP contribution in [-0.2, 0) is 0 Å². The minimum absolute atomic E-state index is 0.0489. The van der Waals surface area contributed by atoms with Crippen LogP contribution in [0.1, 0.15) is 23.2 Å². The molecule has 3 atom stereocenters. The summed E-state index contributed by atoms with van der Waals surface area (Å²) >= 11 is 1.58. The van der Waals surface area contributed by atoms with Crippen molar-refractivity contribution >= 4 is 27.5 Å². The van der Waals surface area contributed by atoms with Crippen LogP contribution in [-0.4, -0.2) is 41.5 Å². The summed E-state index contributed by atoms with van der Waals surface area (Å²) < 4.78 is 1.07. The number of aromatic nitrogens is 1. The first-order valence-electron chi connectivity index (χ1n) is 7.14. The summed E-state index contributed by atoms with van der Waals surface area (Å²) in [6.45, 7) is 3.42. The summed E-state index contributed by atoms with van der Waals surface area (Å²) in [4.78, 5) is 19.1. The summed E-state index contributed by atoms with van der Waals surface area (Å²) in [5.74, 6) is 0.825. The zero-order valence-electron chi connectivity index (χ0n) is 11.2. The molecule has 5 heteroatoms. The van der Waals surface area contributed by atoms with E-state index < -0.39 is 0 Å². The van der Waals surface area contributed by atoms with Crippen LogP contribution < -0.4 is 5.32 Å². The quantitative estimate of drug-likeness (QED) is 0.920. The summed E-state index contributed by atoms with van der Waals surface area (Å²) in [7, 11) is 0. The van der Waals surface area contributed by atoms with Gasteiger partial charge in [-0.3, -0.25) is 4.79 Å². The van der Waals surface area contributed by atoms with Gasteiger partial charge >= 0.3 is 0 Å². The highest BCUT2D eigenvalue weighted by Crippen LogP contribution is 2.27. The molecule has 2 aliphatic heterocycles. The summed E-state index contributed by atoms with van der Waals surface area (Å²) in [5, 5.41) is 3.20. The molecule has 2 aliphatic rings. The van der Waals surface area contributed by atoms with Gasteiger partial charge in [0.1, 0.15) is 0 Å². The molecule has 2 fully saturated rings. The number of hydrogen-bond donors (Lipinski definition) is 1. The predicted octanol–water partition coefficient (Wildman–Crippen LogP) is 2.12. The number of fused-ring (bicyclic) bond motifs is 3. The molecule has 1 aromatic carbocycles. The molecule has 4 rings (SSSR count). The fourth-order valence-corrected chi connectivity index (χ4v) is 4.15. The van der Waals surface area contributed by atoms with E-state index in [1.165, 1.54) is 19.5 Å². The van der Waals surface area contributed by atoms with Crippen LogP contribution in [0.15, 0.2) is 23.7 Å². The lowest BCUT2D eigenvalue weighted by Crippen LogP contribution is -2.47. The Hall–Kier alpha value is -1.46. The van der Waals surface area contributed by atoms with Crippen molar-refractivity contribution in [3.63, 3.8) is 0 Å². The number of nitrogens with zero attached hydrogens (tertiary/aromatic N) is 2. The first-order chi connectivity index (χ1) is 9.78. The molecule has 0 radical (unpaired) electrons. The van der Waals surface area contributed by atoms with Crippen molar-refractivity contribution in [1.29, 1.82) is 0 Å². The Morgan fingerprint density at radius 3 is 3.25 bits per heavy atom. The number of piperidine rings is 1. The van der Waals surface area contributed by atoms with E-state index in [1.54, 1.807) is 11.3 Å². The van der Waals surface area contributed by atoms with Crippen molar-refractivity contribution in [2.45, 2.75) is 18.9 Å². The molecule has 2 saturated heterocycles. The third-order valence-corrected chi connectivity index (χ3v) is 5.19. The zero-order chi connectivity index (χ0) is 13.5. The van der Waals surface area contributed by atoms with Gasteiger partial charge in [0.05, 0.1) is 15.7 Å². The van der Waals surface area contributed by atoms with Crippen LogP contribution in [0.25, 0.3) is 10.2 Å². The van der Waals surface area contributed by atoms with Crippen molar-refractivity contribution in [2.24, 2.45) is 5.92 Å². The molecule has 1 N–H and O–H groups in total. The lowest BCUT2D eigenvalue weighted by molar-refractivity contribution is 0.0909. The van der Waals surface area contributed by atoms with Gasteiger partial charge in [-0.2, -0.15) is 0 Å². The third-order valence-electron chi connectivity index (χ3n) is 4.40. The van der Waals surface area contributed by atoms with Gasteiger partial charge < -0.3 is 10.2 Å². The lowest BCUT2D eigenvalue weighted by atomic mass is 9.96. The van der Waals surface area contributed by atoms with Crippen LogP contribution in [0.5, 0.6) is 0 Å². The minimum Gasteiger partial charge on any atom is -0.348 e. The Bertz CT molecular complexity index is 641. The summed E-state index contributed by atoms with van der Waals surface area (Å²) in [6, 6.07) is 6.05. The second-order valence-electron chi connectivity index (χ2n) is 5.86. The van der Waals surface area contributed by atoms with Gasteiger partial charge in [0.15, 0.2) is 0 Å². The predicted molar refractivity (Wildman–Crippen MR) is 80.0 cm³/mol. The molecule has 20 heavy (non-hydrogen) atoms. The number of nitrogens with one attached hydrogen (secondary N) is 1. The molecule has 0 spiro atoms. The van der Waals surface area contributed by atoms with Crippen LogP contribution in [0, 0.1) is 5.92 Å². The van der Waals surface area contributed by atoms with Crippen LogP contribution in [0.2, 0.25) is 0 Å². The first-order valence-corrected chi connectivity index (χ1v) is 8.02. The van der Waals surface area contributed by atoms with Gasteiger partial charge in [0.25, 0.3) is 5.91 Å². The van der Waals surface area contributed by atoms with Crippen molar-refractivity contribution in [3.05, 3.63) is 29.3 Å². The van der Waals surface area contributed by atoms with Gasteiger partial charge in [0, 0.05) is 24.7 Å². The highest BCUT2D eigenvalue weighted by Gasteiger charge is 2.32. The second-order valence-corrected chi connectivity index (χ2v) is 6.74. The molecule has 1 amide bonds. The Labute approximate surface area is 121 Å². The molecule has 2 bridgehead atoms. The SMILES string of the molecule is O=C(N[C@@H]1CC2CCN(C2)C1)c1ccc2ncsc2c1. The Balaban J connectivity index is 1.49. The third kappa shape index (κ3) is 2.21. The second kappa shape index (κ2) is 4.82. The Morgan fingerprint density at radius 2 is 2.35 bits per heavy atom. The normalized spacial score (nSPS) is 28.7. The average molecular weight is 287 g/mol. The number of carbonyl (C=O) groups excluding carboxylic acids is 1. The number of hydrogen-bond acceptors (Lipinski definition) is 4. The average Bonchev–Trinajstić information content (AvgIpc) is 3.04. The van der Waals surface area contributed by atoms with E-state index in [4.69, 9.17) is 0 Å². The van der Waals surface area contributed by atoms with Crippen molar-refractivity contribution < 1.29 is 4.79 Å². The maximum absolute atomic E-state index is 12.4. The van der Waals surface area contributed by atoms with E-state index >= 15 is 0 Å². The Kier molecular flexibility index (Phi) is 2.97. The lowest BCUT2D eigenvalue weighted by Gasteiger charge is -2.30. The molecule has 3 heterocycles. The molecule has 1 aromatic heterocycles. The smallest absolute Gasteiger partial charge is 0.251 e. The maximum atomic E-state index is 12.4. The van der Waals surface area contributed by atoms with Gasteiger partial charge in [0.2, 0.25) is 0 Å². The highest BCUT2D eigenvalue weighted by atomic mass is 32.1. The zero-order valence-corrected chi connectivity index (χ0v) is 12.0. The minimum atomic E-state index is 0.0489. The highest BCUT2D eigenvalue weighted by molar-refractivity contribution is 7.16. The van der Waals surface area contributed by atoms with E-state index in [-0.39, 0.29) is 5.91 Å². The van der Waals surface area contributed by atoms with Gasteiger partial charge in [-0.25, -0.2) is 4.98 Å². The number of thiazole rings is 1. The standard InChI is InChI=1S/C15H17N3OS/c19-15(11-1-2-13-14(6-11)20-9-16-13)17-12-5-10-3-4-18(7-10)8-12/h1-2,6,9-10,12H,3-5,7-8H2,(H,17,19)/t10?,12-/m1/s1. The Morgan fingerprint density at radius 1 is 1.40 bits per heavy atom. The topological polar surface area (TPSA) is 45.2 Å². The van der Waals surface area contributed by atoms with E-state index in [2.05, 4.69) is 15.2 Å². The van der Waals surface area contributed by atoms with E-state index in [0.717, 1.165) is 34.7 Å². The summed E-state index contributed by atoms with van der Waals surface area (Å²) in [5.41, 5.74) is 3.53. The van der Waals surface area contributed by atoms with Gasteiger partial charge in [-0.1, -0.05) is 0 Å². The molecule has 0 aliphatic carbocycles. The number of benzene rings is 1. The number of amides is 1. The van der Waals surface area contributed by atoms with Crippen LogP contribution >= 0.6 is 11.3 Å². The number of rotatable bonds is 2. The van der Waals surface area contributed by atoms with E-state index in [0.29, 0.717) is 6.04 Å². The fourth-order valence-electron chi connectivity index (χ4n) is 3.43. The number of carbonyl (C=O) groups is 1. The van der Waals surface area contributed by atoms with E-state index in [9.17, 15) is 4.79 Å². The largest absolute Gasteiger partial charge is 0.348 e. The van der Waals surface area contributed by atoms with Crippen molar-refractivity contribution in [3.8, 4) is 0 Å². The molecule has 2 unspecified atom stereocenters. The van der Waals surface area contributed by atoms with Gasteiger partial charge in [-0.05, 0) is 43.5 Å². The molecule has 104 valence electrons. The molecular weight excluding hydrogens is 270 g/mol. The first kappa shape index (κ1) is 12.3. The van der Waals surface area contributed by atoms with Crippen molar-refractivity contribution in [1.82, 2.24) is 15.2 Å². The molecule has 4 nitrogen and oxygen atoms in total. The molecular formula is C15H17N3OS. The van der Waals surface area contributed by atoms with Crippen molar-refractivity contribution in [2.75, 3.05) is 19.6 Å². The maximum Gasteiger partial charge on any atom is 0.251 e. The van der Waals surface area contributed by atoms with Gasteiger partial charge in [-0.15, -0.1) is 11.3 Å². The van der Waals surface area contributed by atoms with Crippen LogP contribution in [0.4, 0.5) is 0 Å². The van der Waals surface area contributed by atoms with Crippen LogP contribution in [0.3, 0.4) is 0 Å². The summed E-state index contributed by atoms with van der Waals surface area (Å²) in [6.07, 6.45) is 2.42. The molecule has 0 saturated carbocycles. The monoisotopic (exact) mass is 287 g/mol. The van der Waals surface area contributed by atoms with E-state index in [1.807, 2.05) is 23.7 Å². The fraction of sp³-hybridized carbons (Fsp3) is 0.467.